The standard InChI is InChI=1S/C19H21FN4O2S/c1-13(26-15-7-5-6-14(20)12-15)19(25)21-16(9-11-27-2)18-23-22-17-8-3-4-10-24(17)18/h3-8,10,12-13,16H,9,11H2,1-2H3,(H,21,25). The van der Waals surface area contributed by atoms with Crippen LogP contribution in [0.3, 0.4) is 0 Å². The molecule has 0 aliphatic heterocycles. The predicted octanol–water partition coefficient (Wildman–Crippen LogP) is 3.25. The number of nitrogens with zero attached hydrogens (tertiary/aromatic N) is 3. The number of ether oxygens (including phenoxy) is 1. The second-order valence-corrected chi connectivity index (χ2v) is 7.03. The van der Waals surface area contributed by atoms with Gasteiger partial charge in [0.05, 0.1) is 6.04 Å². The lowest BCUT2D eigenvalue weighted by Crippen LogP contribution is -2.39. The minimum Gasteiger partial charge on any atom is -0.481 e. The van der Waals surface area contributed by atoms with Gasteiger partial charge in [-0.2, -0.15) is 11.8 Å². The van der Waals surface area contributed by atoms with Crippen LogP contribution in [0.1, 0.15) is 25.2 Å². The third kappa shape index (κ3) is 4.77. The molecule has 1 aromatic carbocycles. The molecule has 0 radical (unpaired) electrons. The van der Waals surface area contributed by atoms with Crippen LogP contribution in [0.25, 0.3) is 5.65 Å². The van der Waals surface area contributed by atoms with Crippen molar-refractivity contribution in [3.63, 3.8) is 0 Å². The van der Waals surface area contributed by atoms with Gasteiger partial charge in [-0.15, -0.1) is 10.2 Å². The van der Waals surface area contributed by atoms with Crippen molar-refractivity contribution in [2.24, 2.45) is 0 Å². The highest BCUT2D eigenvalue weighted by Crippen LogP contribution is 2.19. The summed E-state index contributed by atoms with van der Waals surface area (Å²) < 4.78 is 20.7. The molecule has 0 spiro atoms. The third-order valence-electron chi connectivity index (χ3n) is 4.06. The first-order chi connectivity index (χ1) is 13.1. The maximum Gasteiger partial charge on any atom is 0.261 e. The zero-order valence-electron chi connectivity index (χ0n) is 15.1. The molecule has 27 heavy (non-hydrogen) atoms. The van der Waals surface area contributed by atoms with Crippen molar-refractivity contribution in [3.8, 4) is 5.75 Å². The zero-order chi connectivity index (χ0) is 19.2. The van der Waals surface area contributed by atoms with Crippen LogP contribution in [-0.2, 0) is 4.79 Å². The minimum absolute atomic E-state index is 0.293. The molecule has 142 valence electrons. The van der Waals surface area contributed by atoms with E-state index in [9.17, 15) is 9.18 Å². The van der Waals surface area contributed by atoms with Crippen LogP contribution in [0.4, 0.5) is 4.39 Å². The number of hydrogen-bond acceptors (Lipinski definition) is 5. The molecule has 0 aliphatic rings. The van der Waals surface area contributed by atoms with E-state index in [1.807, 2.05) is 35.1 Å². The Morgan fingerprint density at radius 3 is 2.93 bits per heavy atom. The smallest absolute Gasteiger partial charge is 0.261 e. The fraction of sp³-hybridized carbons (Fsp3) is 0.316. The number of thioether (sulfide) groups is 1. The lowest BCUT2D eigenvalue weighted by atomic mass is 10.2. The number of pyridine rings is 1. The summed E-state index contributed by atoms with van der Waals surface area (Å²) in [6.45, 7) is 1.63. The molecule has 2 atom stereocenters. The first-order valence-electron chi connectivity index (χ1n) is 8.59. The van der Waals surface area contributed by atoms with Gasteiger partial charge in [-0.25, -0.2) is 4.39 Å². The van der Waals surface area contributed by atoms with Crippen LogP contribution in [0.2, 0.25) is 0 Å². The monoisotopic (exact) mass is 388 g/mol. The molecule has 1 N–H and O–H groups in total. The molecule has 0 saturated carbocycles. The maximum atomic E-state index is 13.3. The molecule has 2 heterocycles. The van der Waals surface area contributed by atoms with Gasteiger partial charge in [-0.3, -0.25) is 9.20 Å². The van der Waals surface area contributed by atoms with E-state index >= 15 is 0 Å². The Bertz CT molecular complexity index is 917. The first kappa shape index (κ1) is 19.2. The molecular formula is C19H21FN4O2S. The number of fused-ring (bicyclic) bond motifs is 1. The molecule has 0 fully saturated rings. The number of nitrogens with one attached hydrogen (secondary N) is 1. The third-order valence-corrected chi connectivity index (χ3v) is 4.70. The van der Waals surface area contributed by atoms with Gasteiger partial charge in [0.25, 0.3) is 5.91 Å². The van der Waals surface area contributed by atoms with E-state index in [-0.39, 0.29) is 11.9 Å². The van der Waals surface area contributed by atoms with E-state index in [4.69, 9.17) is 4.74 Å². The largest absolute Gasteiger partial charge is 0.481 e. The molecule has 2 aromatic heterocycles. The summed E-state index contributed by atoms with van der Waals surface area (Å²) in [5, 5.41) is 11.4. The van der Waals surface area contributed by atoms with Crippen LogP contribution in [0, 0.1) is 5.82 Å². The van der Waals surface area contributed by atoms with E-state index in [0.717, 1.165) is 11.4 Å². The minimum atomic E-state index is -0.775. The summed E-state index contributed by atoms with van der Waals surface area (Å²) >= 11 is 1.69. The molecule has 2 unspecified atom stereocenters. The topological polar surface area (TPSA) is 68.5 Å². The van der Waals surface area contributed by atoms with Gasteiger partial charge in [-0.05, 0) is 49.6 Å². The van der Waals surface area contributed by atoms with Gasteiger partial charge < -0.3 is 10.1 Å². The highest BCUT2D eigenvalue weighted by atomic mass is 32.2. The fourth-order valence-corrected chi connectivity index (χ4v) is 3.16. The summed E-state index contributed by atoms with van der Waals surface area (Å²) in [4.78, 5) is 12.6. The van der Waals surface area contributed by atoms with Gasteiger partial charge in [0.2, 0.25) is 0 Å². The van der Waals surface area contributed by atoms with Crippen LogP contribution in [-0.4, -0.2) is 38.6 Å². The molecule has 1 amide bonds. The fourth-order valence-electron chi connectivity index (χ4n) is 2.69. The summed E-state index contributed by atoms with van der Waals surface area (Å²) in [7, 11) is 0. The van der Waals surface area contributed by atoms with Crippen molar-refractivity contribution in [2.75, 3.05) is 12.0 Å². The Labute approximate surface area is 161 Å². The van der Waals surface area contributed by atoms with Crippen LogP contribution in [0.15, 0.2) is 48.7 Å². The number of aromatic nitrogens is 3. The van der Waals surface area contributed by atoms with E-state index in [1.54, 1.807) is 30.8 Å². The first-order valence-corrected chi connectivity index (χ1v) is 9.99. The second-order valence-electron chi connectivity index (χ2n) is 6.05. The van der Waals surface area contributed by atoms with Crippen molar-refractivity contribution in [2.45, 2.75) is 25.5 Å². The molecule has 3 rings (SSSR count). The van der Waals surface area contributed by atoms with E-state index < -0.39 is 11.9 Å². The zero-order valence-corrected chi connectivity index (χ0v) is 15.9. The molecule has 0 bridgehead atoms. The van der Waals surface area contributed by atoms with Gasteiger partial charge in [0.15, 0.2) is 17.6 Å². The van der Waals surface area contributed by atoms with Gasteiger partial charge in [0, 0.05) is 12.3 Å². The molecular weight excluding hydrogens is 367 g/mol. The van der Waals surface area contributed by atoms with Crippen molar-refractivity contribution in [1.82, 2.24) is 19.9 Å². The highest BCUT2D eigenvalue weighted by Gasteiger charge is 2.23. The number of carbonyl (C=O) groups excluding carboxylic acids is 1. The van der Waals surface area contributed by atoms with Crippen LogP contribution >= 0.6 is 11.8 Å². The van der Waals surface area contributed by atoms with Crippen molar-refractivity contribution in [1.29, 1.82) is 0 Å². The predicted molar refractivity (Wildman–Crippen MR) is 103 cm³/mol. The Morgan fingerprint density at radius 2 is 2.15 bits per heavy atom. The molecule has 0 saturated heterocycles. The van der Waals surface area contributed by atoms with Gasteiger partial charge >= 0.3 is 0 Å². The summed E-state index contributed by atoms with van der Waals surface area (Å²) in [6.07, 6.45) is 3.81. The van der Waals surface area contributed by atoms with Crippen molar-refractivity contribution < 1.29 is 13.9 Å². The Kier molecular flexibility index (Phi) is 6.28. The van der Waals surface area contributed by atoms with Crippen LogP contribution < -0.4 is 10.1 Å². The maximum absolute atomic E-state index is 13.3. The molecule has 6 nitrogen and oxygen atoms in total. The summed E-state index contributed by atoms with van der Waals surface area (Å²) in [5.74, 6) is 1.13. The Hall–Kier alpha value is -2.61. The van der Waals surface area contributed by atoms with Gasteiger partial charge in [0.1, 0.15) is 11.6 Å². The average Bonchev–Trinajstić information content (AvgIpc) is 3.09. The second kappa shape index (κ2) is 8.85. The molecule has 0 aliphatic carbocycles. The van der Waals surface area contributed by atoms with E-state index in [1.165, 1.54) is 12.1 Å². The number of rotatable bonds is 8. The number of amides is 1. The number of benzene rings is 1. The molecule has 8 heteroatoms. The summed E-state index contributed by atoms with van der Waals surface area (Å²) in [5.41, 5.74) is 0.722. The van der Waals surface area contributed by atoms with Crippen molar-refractivity contribution >= 4 is 23.3 Å². The quantitative estimate of drug-likeness (QED) is 0.642. The summed E-state index contributed by atoms with van der Waals surface area (Å²) in [6, 6.07) is 11.1. The lowest BCUT2D eigenvalue weighted by Gasteiger charge is -2.20. The lowest BCUT2D eigenvalue weighted by molar-refractivity contribution is -0.128. The van der Waals surface area contributed by atoms with E-state index in [0.29, 0.717) is 18.0 Å². The number of carbonyl (C=O) groups is 1. The molecule has 3 aromatic rings. The van der Waals surface area contributed by atoms with Crippen LogP contribution in [0.5, 0.6) is 5.75 Å². The highest BCUT2D eigenvalue weighted by molar-refractivity contribution is 7.98. The number of halogens is 1. The van der Waals surface area contributed by atoms with Crippen molar-refractivity contribution in [3.05, 3.63) is 60.3 Å². The number of hydrogen-bond donors (Lipinski definition) is 1. The Morgan fingerprint density at radius 1 is 1.30 bits per heavy atom. The Balaban J connectivity index is 1.74. The average molecular weight is 388 g/mol. The van der Waals surface area contributed by atoms with E-state index in [2.05, 4.69) is 15.5 Å². The SMILES string of the molecule is CSCCC(NC(=O)C(C)Oc1cccc(F)c1)c1nnc2ccccn12. The normalized spacial score (nSPS) is 13.3. The van der Waals surface area contributed by atoms with Gasteiger partial charge in [-0.1, -0.05) is 12.1 Å².